The average molecular weight is 142 g/mol. The van der Waals surface area contributed by atoms with Crippen molar-refractivity contribution >= 4 is 11.8 Å². The van der Waals surface area contributed by atoms with Gasteiger partial charge in [-0.3, -0.25) is 0 Å². The summed E-state index contributed by atoms with van der Waals surface area (Å²) in [7, 11) is 0. The highest BCUT2D eigenvalue weighted by atomic mass is 32.2. The minimum Gasteiger partial charge on any atom is -0.162 e. The highest BCUT2D eigenvalue weighted by Crippen LogP contribution is 2.10. The van der Waals surface area contributed by atoms with E-state index < -0.39 is 0 Å². The zero-order chi connectivity index (χ0) is 6.36. The Balaban J connectivity index is 2.15. The third kappa shape index (κ3) is 3.63. The van der Waals surface area contributed by atoms with E-state index in [1.807, 2.05) is 0 Å². The van der Waals surface area contributed by atoms with E-state index in [1.165, 1.54) is 37.2 Å². The van der Waals surface area contributed by atoms with Crippen molar-refractivity contribution in [2.75, 3.05) is 11.5 Å². The van der Waals surface area contributed by atoms with Crippen LogP contribution in [-0.2, 0) is 0 Å². The molecule has 0 saturated heterocycles. The van der Waals surface area contributed by atoms with Gasteiger partial charge < -0.3 is 0 Å². The summed E-state index contributed by atoms with van der Waals surface area (Å²) < 4.78 is 0. The zero-order valence-corrected chi connectivity index (χ0v) is 6.62. The van der Waals surface area contributed by atoms with Crippen molar-refractivity contribution in [1.82, 2.24) is 0 Å². The molecule has 0 aliphatic carbocycles. The molecule has 0 radical (unpaired) electrons. The SMILES string of the molecule is C1=C\CCCSCCC/1. The van der Waals surface area contributed by atoms with Crippen LogP contribution < -0.4 is 0 Å². The lowest BCUT2D eigenvalue weighted by molar-refractivity contribution is 0.956. The normalized spacial score (nSPS) is 25.8. The van der Waals surface area contributed by atoms with E-state index in [1.54, 1.807) is 0 Å². The first kappa shape index (κ1) is 7.20. The highest BCUT2D eigenvalue weighted by molar-refractivity contribution is 7.99. The summed E-state index contributed by atoms with van der Waals surface area (Å²) in [5.74, 6) is 2.73. The molecule has 0 spiro atoms. The molecule has 0 nitrogen and oxygen atoms in total. The molecule has 0 amide bonds. The Bertz CT molecular complexity index is 76.6. The maximum absolute atomic E-state index is 2.33. The van der Waals surface area contributed by atoms with Crippen molar-refractivity contribution in [3.63, 3.8) is 0 Å². The molecule has 1 rings (SSSR count). The van der Waals surface area contributed by atoms with Gasteiger partial charge in [-0.15, -0.1) is 0 Å². The maximum Gasteiger partial charge on any atom is -0.00646 e. The van der Waals surface area contributed by atoms with Crippen LogP contribution in [0.1, 0.15) is 25.7 Å². The van der Waals surface area contributed by atoms with Gasteiger partial charge in [-0.05, 0) is 37.2 Å². The van der Waals surface area contributed by atoms with Gasteiger partial charge in [0.25, 0.3) is 0 Å². The van der Waals surface area contributed by atoms with Crippen LogP contribution in [0.3, 0.4) is 0 Å². The molecule has 0 aromatic heterocycles. The topological polar surface area (TPSA) is 0 Å². The van der Waals surface area contributed by atoms with Crippen LogP contribution in [0.4, 0.5) is 0 Å². The predicted molar refractivity (Wildman–Crippen MR) is 44.9 cm³/mol. The fraction of sp³-hybridized carbons (Fsp3) is 0.750. The van der Waals surface area contributed by atoms with Gasteiger partial charge in [0, 0.05) is 0 Å². The predicted octanol–water partition coefficient (Wildman–Crippen LogP) is 2.85. The maximum atomic E-state index is 2.33. The molecule has 1 aliphatic heterocycles. The number of hydrogen-bond acceptors (Lipinski definition) is 1. The summed E-state index contributed by atoms with van der Waals surface area (Å²) in [4.78, 5) is 0. The van der Waals surface area contributed by atoms with Crippen molar-refractivity contribution in [1.29, 1.82) is 0 Å². The minimum absolute atomic E-state index is 1.30. The second-order valence-corrected chi connectivity index (χ2v) is 3.59. The van der Waals surface area contributed by atoms with Crippen molar-refractivity contribution in [3.8, 4) is 0 Å². The minimum atomic E-state index is 1.30. The van der Waals surface area contributed by atoms with Gasteiger partial charge in [0.2, 0.25) is 0 Å². The Labute approximate surface area is 61.7 Å². The van der Waals surface area contributed by atoms with Gasteiger partial charge in [0.1, 0.15) is 0 Å². The monoisotopic (exact) mass is 142 g/mol. The molecular formula is C8H14S. The Morgan fingerprint density at radius 3 is 2.00 bits per heavy atom. The quantitative estimate of drug-likeness (QED) is 0.469. The summed E-state index contributed by atoms with van der Waals surface area (Å²) in [5.41, 5.74) is 0. The Morgan fingerprint density at radius 1 is 0.889 bits per heavy atom. The Morgan fingerprint density at radius 2 is 1.44 bits per heavy atom. The lowest BCUT2D eigenvalue weighted by Crippen LogP contribution is -1.79. The zero-order valence-electron chi connectivity index (χ0n) is 5.81. The molecular weight excluding hydrogens is 128 g/mol. The Kier molecular flexibility index (Phi) is 3.94. The molecule has 1 heterocycles. The first-order chi connectivity index (χ1) is 4.50. The number of hydrogen-bond donors (Lipinski definition) is 0. The van der Waals surface area contributed by atoms with Crippen LogP contribution in [0.5, 0.6) is 0 Å². The highest BCUT2D eigenvalue weighted by Gasteiger charge is 1.90. The summed E-state index contributed by atoms with van der Waals surface area (Å²) in [5, 5.41) is 0. The molecule has 0 bridgehead atoms. The van der Waals surface area contributed by atoms with E-state index >= 15 is 0 Å². The second-order valence-electron chi connectivity index (χ2n) is 2.37. The van der Waals surface area contributed by atoms with Gasteiger partial charge in [-0.25, -0.2) is 0 Å². The van der Waals surface area contributed by atoms with Gasteiger partial charge in [0.05, 0.1) is 0 Å². The van der Waals surface area contributed by atoms with Crippen LogP contribution in [0.15, 0.2) is 12.2 Å². The van der Waals surface area contributed by atoms with Gasteiger partial charge in [-0.2, -0.15) is 11.8 Å². The van der Waals surface area contributed by atoms with Crippen LogP contribution >= 0.6 is 11.8 Å². The first-order valence-electron chi connectivity index (χ1n) is 3.73. The van der Waals surface area contributed by atoms with E-state index in [0.29, 0.717) is 0 Å². The average Bonchev–Trinajstić information content (AvgIpc) is 2.00. The number of rotatable bonds is 0. The molecule has 0 fully saturated rings. The van der Waals surface area contributed by atoms with Gasteiger partial charge in [0.15, 0.2) is 0 Å². The molecule has 9 heavy (non-hydrogen) atoms. The van der Waals surface area contributed by atoms with Crippen LogP contribution in [0.2, 0.25) is 0 Å². The van der Waals surface area contributed by atoms with Crippen LogP contribution in [0.25, 0.3) is 0 Å². The van der Waals surface area contributed by atoms with E-state index in [0.717, 1.165) is 0 Å². The smallest absolute Gasteiger partial charge is 0.00646 e. The van der Waals surface area contributed by atoms with Crippen molar-refractivity contribution in [2.24, 2.45) is 0 Å². The molecule has 52 valence electrons. The van der Waals surface area contributed by atoms with E-state index in [2.05, 4.69) is 23.9 Å². The van der Waals surface area contributed by atoms with Crippen molar-refractivity contribution < 1.29 is 0 Å². The molecule has 0 atom stereocenters. The molecule has 0 unspecified atom stereocenters. The first-order valence-corrected chi connectivity index (χ1v) is 4.88. The molecule has 1 aliphatic rings. The van der Waals surface area contributed by atoms with Crippen molar-refractivity contribution in [3.05, 3.63) is 12.2 Å². The molecule has 0 N–H and O–H groups in total. The summed E-state index contributed by atoms with van der Waals surface area (Å²) >= 11 is 2.10. The number of thioether (sulfide) groups is 1. The van der Waals surface area contributed by atoms with Crippen molar-refractivity contribution in [2.45, 2.75) is 25.7 Å². The third-order valence-corrected chi connectivity index (χ3v) is 2.64. The van der Waals surface area contributed by atoms with Gasteiger partial charge >= 0.3 is 0 Å². The Hall–Kier alpha value is 0.0900. The lowest BCUT2D eigenvalue weighted by atomic mass is 10.2. The molecule has 0 aromatic rings. The number of allylic oxidation sites excluding steroid dienone is 2. The summed E-state index contributed by atoms with van der Waals surface area (Å²) in [6.07, 6.45) is 10.0. The molecule has 1 heteroatoms. The van der Waals surface area contributed by atoms with Crippen LogP contribution in [-0.4, -0.2) is 11.5 Å². The summed E-state index contributed by atoms with van der Waals surface area (Å²) in [6.45, 7) is 0. The van der Waals surface area contributed by atoms with E-state index in [4.69, 9.17) is 0 Å². The van der Waals surface area contributed by atoms with Gasteiger partial charge in [-0.1, -0.05) is 12.2 Å². The standard InChI is InChI=1S/C8H14S/c1-2-4-6-8-9-7-5-3-1/h1-2H,3-8H2/b2-1-. The molecule has 0 aromatic carbocycles. The fourth-order valence-electron chi connectivity index (χ4n) is 0.944. The molecule has 0 saturated carbocycles. The second kappa shape index (κ2) is 4.92. The third-order valence-electron chi connectivity index (χ3n) is 1.49. The van der Waals surface area contributed by atoms with Crippen LogP contribution in [0, 0.1) is 0 Å². The van der Waals surface area contributed by atoms with E-state index in [9.17, 15) is 0 Å². The fourth-order valence-corrected chi connectivity index (χ4v) is 1.89. The van der Waals surface area contributed by atoms with E-state index in [-0.39, 0.29) is 0 Å². The summed E-state index contributed by atoms with van der Waals surface area (Å²) in [6, 6.07) is 0. The largest absolute Gasteiger partial charge is 0.162 e. The lowest BCUT2D eigenvalue weighted by Gasteiger charge is -1.94.